The molecule has 2 rings (SSSR count). The van der Waals surface area contributed by atoms with Crippen LogP contribution in [0.4, 0.5) is 18.9 Å². The third-order valence-electron chi connectivity index (χ3n) is 2.30. The Balaban J connectivity index is 2.44. The van der Waals surface area contributed by atoms with Gasteiger partial charge in [0, 0.05) is 0 Å². The summed E-state index contributed by atoms with van der Waals surface area (Å²) in [6.07, 6.45) is 0. The van der Waals surface area contributed by atoms with Crippen molar-refractivity contribution < 1.29 is 21.6 Å². The predicted octanol–water partition coefficient (Wildman–Crippen LogP) is 2.90. The summed E-state index contributed by atoms with van der Waals surface area (Å²) in [6, 6.07) is 6.99. The second kappa shape index (κ2) is 4.93. The highest BCUT2D eigenvalue weighted by Gasteiger charge is 2.21. The van der Waals surface area contributed by atoms with E-state index < -0.39 is 32.4 Å². The normalized spacial score (nSPS) is 11.3. The van der Waals surface area contributed by atoms with E-state index in [9.17, 15) is 21.6 Å². The van der Waals surface area contributed by atoms with Gasteiger partial charge in [-0.15, -0.1) is 0 Å². The van der Waals surface area contributed by atoms with Crippen LogP contribution in [0.25, 0.3) is 0 Å². The van der Waals surface area contributed by atoms with Crippen molar-refractivity contribution in [2.75, 3.05) is 4.72 Å². The summed E-state index contributed by atoms with van der Waals surface area (Å²) >= 11 is 0. The van der Waals surface area contributed by atoms with Crippen LogP contribution >= 0.6 is 0 Å². The van der Waals surface area contributed by atoms with Gasteiger partial charge in [0.15, 0.2) is 0 Å². The van der Waals surface area contributed by atoms with Crippen molar-refractivity contribution in [1.82, 2.24) is 0 Å². The Morgan fingerprint density at radius 3 is 2.26 bits per heavy atom. The number of anilines is 1. The summed E-state index contributed by atoms with van der Waals surface area (Å²) in [7, 11) is -4.39. The second-order valence-electron chi connectivity index (χ2n) is 3.66. The van der Waals surface area contributed by atoms with Crippen LogP contribution in [-0.4, -0.2) is 8.42 Å². The molecule has 0 amide bonds. The molecule has 0 unspecified atom stereocenters. The van der Waals surface area contributed by atoms with Gasteiger partial charge in [0.1, 0.15) is 22.3 Å². The first-order valence-electron chi connectivity index (χ1n) is 5.12. The second-order valence-corrected chi connectivity index (χ2v) is 5.31. The van der Waals surface area contributed by atoms with Gasteiger partial charge in [0.25, 0.3) is 10.0 Å². The minimum Gasteiger partial charge on any atom is -0.277 e. The van der Waals surface area contributed by atoms with E-state index in [-0.39, 0.29) is 5.69 Å². The first-order valence-corrected chi connectivity index (χ1v) is 6.61. The highest BCUT2D eigenvalue weighted by molar-refractivity contribution is 7.92. The van der Waals surface area contributed by atoms with Crippen molar-refractivity contribution in [2.24, 2.45) is 0 Å². The molecule has 0 aliphatic rings. The summed E-state index contributed by atoms with van der Waals surface area (Å²) in [5, 5.41) is 0. The molecule has 0 radical (unpaired) electrons. The number of para-hydroxylation sites is 1. The number of hydrogen-bond donors (Lipinski definition) is 1. The Bertz CT molecular complexity index is 717. The van der Waals surface area contributed by atoms with Crippen LogP contribution < -0.4 is 4.72 Å². The fourth-order valence-electron chi connectivity index (χ4n) is 1.43. The number of rotatable bonds is 3. The highest BCUT2D eigenvalue weighted by Crippen LogP contribution is 2.21. The number of benzene rings is 2. The van der Waals surface area contributed by atoms with E-state index in [4.69, 9.17) is 0 Å². The zero-order chi connectivity index (χ0) is 14.0. The first kappa shape index (κ1) is 13.4. The number of sulfonamides is 1. The van der Waals surface area contributed by atoms with Crippen molar-refractivity contribution in [3.05, 3.63) is 59.9 Å². The minimum atomic E-state index is -4.39. The smallest absolute Gasteiger partial charge is 0.265 e. The summed E-state index contributed by atoms with van der Waals surface area (Å²) in [6.45, 7) is 0. The number of halogens is 3. The van der Waals surface area contributed by atoms with E-state index in [1.807, 2.05) is 4.72 Å². The molecule has 0 saturated heterocycles. The van der Waals surface area contributed by atoms with Gasteiger partial charge < -0.3 is 0 Å². The largest absolute Gasteiger partial charge is 0.277 e. The monoisotopic (exact) mass is 287 g/mol. The van der Waals surface area contributed by atoms with Gasteiger partial charge in [-0.25, -0.2) is 21.6 Å². The Kier molecular flexibility index (Phi) is 3.48. The molecule has 2 aromatic rings. The van der Waals surface area contributed by atoms with Crippen LogP contribution in [0.3, 0.4) is 0 Å². The summed E-state index contributed by atoms with van der Waals surface area (Å²) in [5.74, 6) is -2.84. The molecule has 0 spiro atoms. The van der Waals surface area contributed by atoms with Crippen LogP contribution in [0.5, 0.6) is 0 Å². The van der Waals surface area contributed by atoms with Gasteiger partial charge in [-0.1, -0.05) is 12.1 Å². The van der Waals surface area contributed by atoms with Crippen LogP contribution in [0.2, 0.25) is 0 Å². The van der Waals surface area contributed by atoms with E-state index in [0.29, 0.717) is 12.1 Å². The highest BCUT2D eigenvalue weighted by atomic mass is 32.2. The molecule has 0 aliphatic heterocycles. The minimum absolute atomic E-state index is 0.342. The van der Waals surface area contributed by atoms with E-state index in [0.717, 1.165) is 12.1 Å². The average Bonchev–Trinajstić information content (AvgIpc) is 2.35. The number of nitrogens with one attached hydrogen (secondary N) is 1. The molecule has 0 heterocycles. The zero-order valence-electron chi connectivity index (χ0n) is 9.40. The Morgan fingerprint density at radius 2 is 1.58 bits per heavy atom. The van der Waals surface area contributed by atoms with Crippen molar-refractivity contribution in [2.45, 2.75) is 4.90 Å². The Morgan fingerprint density at radius 1 is 0.895 bits per heavy atom. The molecule has 100 valence electrons. The third-order valence-corrected chi connectivity index (χ3v) is 3.68. The quantitative estimate of drug-likeness (QED) is 0.943. The summed E-state index contributed by atoms with van der Waals surface area (Å²) in [4.78, 5) is -0.879. The first-order chi connectivity index (χ1) is 8.90. The molecule has 0 bridgehead atoms. The van der Waals surface area contributed by atoms with Gasteiger partial charge in [-0.3, -0.25) is 4.72 Å². The molecule has 0 aromatic heterocycles. The third kappa shape index (κ3) is 2.87. The van der Waals surface area contributed by atoms with E-state index in [2.05, 4.69) is 0 Å². The van der Waals surface area contributed by atoms with Crippen molar-refractivity contribution in [3.63, 3.8) is 0 Å². The molecule has 1 N–H and O–H groups in total. The molecule has 0 aliphatic carbocycles. The molecular weight excluding hydrogens is 279 g/mol. The van der Waals surface area contributed by atoms with Gasteiger partial charge >= 0.3 is 0 Å². The molecule has 2 aromatic carbocycles. The van der Waals surface area contributed by atoms with Gasteiger partial charge in [0.05, 0.1) is 5.69 Å². The average molecular weight is 287 g/mol. The summed E-state index contributed by atoms with van der Waals surface area (Å²) < 4.78 is 65.2. The molecule has 0 fully saturated rings. The topological polar surface area (TPSA) is 46.2 Å². The maximum atomic E-state index is 13.4. The SMILES string of the molecule is O=S(=O)(Nc1ccccc1F)c1cc(F)ccc1F. The van der Waals surface area contributed by atoms with Crippen LogP contribution in [0.15, 0.2) is 47.4 Å². The Labute approximate surface area is 107 Å². The lowest BCUT2D eigenvalue weighted by Gasteiger charge is -2.09. The maximum Gasteiger partial charge on any atom is 0.265 e. The maximum absolute atomic E-state index is 13.4. The van der Waals surface area contributed by atoms with Crippen LogP contribution in [-0.2, 0) is 10.0 Å². The van der Waals surface area contributed by atoms with E-state index in [1.54, 1.807) is 0 Å². The Hall–Kier alpha value is -2.02. The molecule has 7 heteroatoms. The predicted molar refractivity (Wildman–Crippen MR) is 63.6 cm³/mol. The molecule has 0 atom stereocenters. The summed E-state index contributed by atoms with van der Waals surface area (Å²) in [5.41, 5.74) is -0.342. The molecule has 3 nitrogen and oxygen atoms in total. The van der Waals surface area contributed by atoms with Crippen LogP contribution in [0, 0.1) is 17.5 Å². The lowest BCUT2D eigenvalue weighted by atomic mass is 10.3. The fraction of sp³-hybridized carbons (Fsp3) is 0. The van der Waals surface area contributed by atoms with Gasteiger partial charge in [0.2, 0.25) is 0 Å². The lowest BCUT2D eigenvalue weighted by Crippen LogP contribution is -2.15. The van der Waals surface area contributed by atoms with E-state index in [1.165, 1.54) is 18.2 Å². The fourth-order valence-corrected chi connectivity index (χ4v) is 2.58. The number of hydrogen-bond acceptors (Lipinski definition) is 2. The zero-order valence-corrected chi connectivity index (χ0v) is 10.2. The lowest BCUT2D eigenvalue weighted by molar-refractivity contribution is 0.555. The molecule has 0 saturated carbocycles. The van der Waals surface area contributed by atoms with Crippen molar-refractivity contribution >= 4 is 15.7 Å². The standard InChI is InChI=1S/C12H8F3NO2S/c13-8-5-6-10(15)12(7-8)19(17,18)16-11-4-2-1-3-9(11)14/h1-7,16H. The van der Waals surface area contributed by atoms with Crippen molar-refractivity contribution in [1.29, 1.82) is 0 Å². The van der Waals surface area contributed by atoms with Crippen molar-refractivity contribution in [3.8, 4) is 0 Å². The van der Waals surface area contributed by atoms with E-state index >= 15 is 0 Å². The molecule has 19 heavy (non-hydrogen) atoms. The van der Waals surface area contributed by atoms with Gasteiger partial charge in [-0.05, 0) is 30.3 Å². The molecular formula is C12H8F3NO2S. The van der Waals surface area contributed by atoms with Gasteiger partial charge in [-0.2, -0.15) is 0 Å². The van der Waals surface area contributed by atoms with Crippen LogP contribution in [0.1, 0.15) is 0 Å².